The van der Waals surface area contributed by atoms with Crippen molar-refractivity contribution >= 4 is 12.0 Å². The van der Waals surface area contributed by atoms with Gasteiger partial charge in [0.1, 0.15) is 6.61 Å². The first-order valence-corrected chi connectivity index (χ1v) is 5.74. The van der Waals surface area contributed by atoms with Crippen LogP contribution in [0, 0.1) is 0 Å². The number of urea groups is 1. The minimum atomic E-state index is -0.987. The molecule has 2 aliphatic rings. The zero-order valence-electron chi connectivity index (χ0n) is 9.59. The highest BCUT2D eigenvalue weighted by atomic mass is 16.5. The molecular formula is C10H17N3O4. The van der Waals surface area contributed by atoms with Gasteiger partial charge in [0, 0.05) is 32.7 Å². The number of carbonyl (C=O) groups excluding carboxylic acids is 1. The van der Waals surface area contributed by atoms with Crippen molar-refractivity contribution in [1.29, 1.82) is 0 Å². The molecule has 2 fully saturated rings. The molecule has 0 spiro atoms. The number of carboxylic acid groups (broad SMARTS) is 1. The molecule has 2 saturated heterocycles. The van der Waals surface area contributed by atoms with E-state index >= 15 is 0 Å². The summed E-state index contributed by atoms with van der Waals surface area (Å²) in [5.74, 6) is -0.987. The normalized spacial score (nSPS) is 24.0. The van der Waals surface area contributed by atoms with Gasteiger partial charge >= 0.3 is 12.0 Å². The smallest absolute Gasteiger partial charge is 0.329 e. The maximum atomic E-state index is 11.9. The van der Waals surface area contributed by atoms with Crippen molar-refractivity contribution in [2.24, 2.45) is 0 Å². The lowest BCUT2D eigenvalue weighted by Gasteiger charge is -2.28. The van der Waals surface area contributed by atoms with Crippen molar-refractivity contribution in [3.8, 4) is 0 Å². The van der Waals surface area contributed by atoms with E-state index in [1.54, 1.807) is 4.90 Å². The highest BCUT2D eigenvalue weighted by molar-refractivity contribution is 5.77. The highest BCUT2D eigenvalue weighted by Crippen LogP contribution is 2.16. The topological polar surface area (TPSA) is 82.1 Å². The molecule has 0 aromatic carbocycles. The van der Waals surface area contributed by atoms with Crippen LogP contribution < -0.4 is 5.32 Å². The number of rotatable bonds is 5. The van der Waals surface area contributed by atoms with E-state index in [-0.39, 0.29) is 25.3 Å². The summed E-state index contributed by atoms with van der Waals surface area (Å²) in [5.41, 5.74) is 0. The predicted molar refractivity (Wildman–Crippen MR) is 58.8 cm³/mol. The summed E-state index contributed by atoms with van der Waals surface area (Å²) in [7, 11) is 0. The number of ether oxygens (including phenoxy) is 1. The van der Waals surface area contributed by atoms with E-state index in [4.69, 9.17) is 9.84 Å². The number of aliphatic carboxylic acids is 1. The van der Waals surface area contributed by atoms with Gasteiger partial charge in [0.25, 0.3) is 0 Å². The monoisotopic (exact) mass is 243 g/mol. The van der Waals surface area contributed by atoms with E-state index in [9.17, 15) is 9.59 Å². The van der Waals surface area contributed by atoms with Gasteiger partial charge in [-0.2, -0.15) is 0 Å². The lowest BCUT2D eigenvalue weighted by Crippen LogP contribution is -2.49. The molecular weight excluding hydrogens is 226 g/mol. The van der Waals surface area contributed by atoms with Gasteiger partial charge in [0.2, 0.25) is 0 Å². The number of fused-ring (bicyclic) bond motifs is 1. The number of amides is 2. The van der Waals surface area contributed by atoms with Gasteiger partial charge in [-0.25, -0.2) is 9.59 Å². The van der Waals surface area contributed by atoms with E-state index in [2.05, 4.69) is 5.32 Å². The van der Waals surface area contributed by atoms with Gasteiger partial charge in [0.05, 0.1) is 12.6 Å². The van der Waals surface area contributed by atoms with Crippen LogP contribution in [0.25, 0.3) is 0 Å². The summed E-state index contributed by atoms with van der Waals surface area (Å²) in [6.07, 6.45) is 0. The fraction of sp³-hybridized carbons (Fsp3) is 0.800. The van der Waals surface area contributed by atoms with Crippen molar-refractivity contribution in [2.75, 3.05) is 45.9 Å². The van der Waals surface area contributed by atoms with Crippen molar-refractivity contribution in [2.45, 2.75) is 6.04 Å². The Morgan fingerprint density at radius 2 is 2.41 bits per heavy atom. The molecule has 96 valence electrons. The number of carboxylic acids is 1. The Morgan fingerprint density at radius 3 is 3.12 bits per heavy atom. The Bertz CT molecular complexity index is 310. The summed E-state index contributed by atoms with van der Waals surface area (Å²) in [4.78, 5) is 25.8. The lowest BCUT2D eigenvalue weighted by molar-refractivity contribution is -0.142. The van der Waals surface area contributed by atoms with Crippen LogP contribution >= 0.6 is 0 Å². The van der Waals surface area contributed by atoms with Gasteiger partial charge in [-0.3, -0.25) is 0 Å². The second kappa shape index (κ2) is 5.33. The molecule has 0 saturated carbocycles. The Kier molecular flexibility index (Phi) is 3.80. The van der Waals surface area contributed by atoms with Gasteiger partial charge < -0.3 is 25.0 Å². The molecule has 2 heterocycles. The first kappa shape index (κ1) is 12.1. The summed E-state index contributed by atoms with van der Waals surface area (Å²) in [6.45, 7) is 3.53. The Hall–Kier alpha value is -1.34. The van der Waals surface area contributed by atoms with E-state index < -0.39 is 5.97 Å². The maximum Gasteiger partial charge on any atom is 0.329 e. The molecule has 0 aromatic rings. The van der Waals surface area contributed by atoms with Crippen LogP contribution in [-0.2, 0) is 9.53 Å². The fourth-order valence-corrected chi connectivity index (χ4v) is 2.21. The maximum absolute atomic E-state index is 11.9. The van der Waals surface area contributed by atoms with Gasteiger partial charge in [-0.1, -0.05) is 0 Å². The van der Waals surface area contributed by atoms with Crippen LogP contribution in [-0.4, -0.2) is 78.9 Å². The quantitative estimate of drug-likeness (QED) is 0.593. The number of piperazine rings is 1. The van der Waals surface area contributed by atoms with Gasteiger partial charge in [-0.15, -0.1) is 0 Å². The average molecular weight is 243 g/mol. The second-order valence-corrected chi connectivity index (χ2v) is 4.23. The molecule has 2 amide bonds. The Morgan fingerprint density at radius 1 is 1.59 bits per heavy atom. The van der Waals surface area contributed by atoms with Gasteiger partial charge in [0.15, 0.2) is 0 Å². The van der Waals surface area contributed by atoms with Crippen LogP contribution in [0.2, 0.25) is 0 Å². The van der Waals surface area contributed by atoms with E-state index in [0.717, 1.165) is 19.6 Å². The third-order valence-corrected chi connectivity index (χ3v) is 3.03. The number of hydrogen-bond donors (Lipinski definition) is 2. The number of carbonyl (C=O) groups is 2. The molecule has 0 aromatic heterocycles. The van der Waals surface area contributed by atoms with Crippen molar-refractivity contribution in [1.82, 2.24) is 15.1 Å². The van der Waals surface area contributed by atoms with Crippen molar-refractivity contribution < 1.29 is 19.4 Å². The Balaban J connectivity index is 1.74. The summed E-state index contributed by atoms with van der Waals surface area (Å²) in [6, 6.07) is 0.283. The van der Waals surface area contributed by atoms with E-state index in [1.807, 2.05) is 4.90 Å². The van der Waals surface area contributed by atoms with Gasteiger partial charge in [-0.05, 0) is 0 Å². The zero-order valence-corrected chi connectivity index (χ0v) is 9.59. The summed E-state index contributed by atoms with van der Waals surface area (Å²) >= 11 is 0. The number of nitrogens with zero attached hydrogens (tertiary/aromatic N) is 2. The zero-order chi connectivity index (χ0) is 12.3. The van der Waals surface area contributed by atoms with E-state index in [0.29, 0.717) is 13.1 Å². The summed E-state index contributed by atoms with van der Waals surface area (Å²) < 4.78 is 4.93. The molecule has 1 atom stereocenters. The Labute approximate surface area is 99.3 Å². The van der Waals surface area contributed by atoms with Crippen LogP contribution in [0.1, 0.15) is 0 Å². The van der Waals surface area contributed by atoms with Crippen LogP contribution in [0.4, 0.5) is 4.79 Å². The molecule has 2 N–H and O–H groups in total. The predicted octanol–water partition coefficient (Wildman–Crippen LogP) is -1.20. The molecule has 2 aliphatic heterocycles. The lowest BCUT2D eigenvalue weighted by atomic mass is 10.2. The highest BCUT2D eigenvalue weighted by Gasteiger charge is 2.37. The van der Waals surface area contributed by atoms with Crippen LogP contribution in [0.5, 0.6) is 0 Å². The molecule has 0 bridgehead atoms. The second-order valence-electron chi connectivity index (χ2n) is 4.23. The number of hydrogen-bond acceptors (Lipinski definition) is 4. The molecule has 2 rings (SSSR count). The van der Waals surface area contributed by atoms with Crippen molar-refractivity contribution in [3.63, 3.8) is 0 Å². The fourth-order valence-electron chi connectivity index (χ4n) is 2.21. The molecule has 0 radical (unpaired) electrons. The molecule has 17 heavy (non-hydrogen) atoms. The largest absolute Gasteiger partial charge is 0.480 e. The molecule has 7 nitrogen and oxygen atoms in total. The minimum absolute atomic E-state index is 0.0374. The van der Waals surface area contributed by atoms with Crippen molar-refractivity contribution in [3.05, 3.63) is 0 Å². The van der Waals surface area contributed by atoms with Crippen LogP contribution in [0.3, 0.4) is 0 Å². The SMILES string of the molecule is O=C(O)COCCN1CC2CNCCN2C1=O. The molecule has 0 aliphatic carbocycles. The molecule has 1 unspecified atom stereocenters. The third-order valence-electron chi connectivity index (χ3n) is 3.03. The molecule has 7 heteroatoms. The first-order chi connectivity index (χ1) is 8.18. The average Bonchev–Trinajstić information content (AvgIpc) is 2.63. The standard InChI is InChI=1S/C10H17N3O4/c14-9(15)7-17-4-3-12-6-8-5-11-1-2-13(8)10(12)16/h8,11H,1-7H2,(H,14,15). The van der Waals surface area contributed by atoms with E-state index in [1.165, 1.54) is 0 Å². The first-order valence-electron chi connectivity index (χ1n) is 5.74. The van der Waals surface area contributed by atoms with Crippen LogP contribution in [0.15, 0.2) is 0 Å². The third kappa shape index (κ3) is 2.86. The minimum Gasteiger partial charge on any atom is -0.480 e. The number of nitrogens with one attached hydrogen (secondary N) is 1. The summed E-state index contributed by atoms with van der Waals surface area (Å²) in [5, 5.41) is 11.7.